The Kier molecular flexibility index (Phi) is 3.49. The molecule has 0 saturated heterocycles. The molecule has 88 valence electrons. The third kappa shape index (κ3) is 2.38. The second-order valence-corrected chi connectivity index (χ2v) is 4.60. The molecule has 16 heavy (non-hydrogen) atoms. The number of hydrogen-bond donors (Lipinski definition) is 1. The van der Waals surface area contributed by atoms with Crippen molar-refractivity contribution >= 4 is 0 Å². The largest absolute Gasteiger partial charge is 0.496 e. The first-order valence-electron chi connectivity index (χ1n) is 6.14. The van der Waals surface area contributed by atoms with Gasteiger partial charge in [0.05, 0.1) is 7.11 Å². The monoisotopic (exact) mass is 219 g/mol. The normalized spacial score (nSPS) is 17.2. The van der Waals surface area contributed by atoms with Gasteiger partial charge < -0.3 is 10.1 Å². The molecule has 1 aromatic carbocycles. The fourth-order valence-electron chi connectivity index (χ4n) is 2.30. The summed E-state index contributed by atoms with van der Waals surface area (Å²) in [4.78, 5) is 0. The van der Waals surface area contributed by atoms with Gasteiger partial charge in [-0.3, -0.25) is 0 Å². The summed E-state index contributed by atoms with van der Waals surface area (Å²) in [5, 5.41) is 3.58. The van der Waals surface area contributed by atoms with Gasteiger partial charge in [0, 0.05) is 6.04 Å². The SMILES string of the molecule is CCNC(c1ccc(OC)c(C)c1)C1CC1. The molecule has 1 aliphatic rings. The van der Waals surface area contributed by atoms with Gasteiger partial charge in [0.25, 0.3) is 0 Å². The third-order valence-electron chi connectivity index (χ3n) is 3.30. The van der Waals surface area contributed by atoms with Crippen molar-refractivity contribution in [3.8, 4) is 5.75 Å². The molecule has 1 unspecified atom stereocenters. The highest BCUT2D eigenvalue weighted by molar-refractivity contribution is 5.37. The van der Waals surface area contributed by atoms with Crippen LogP contribution in [0.3, 0.4) is 0 Å². The second kappa shape index (κ2) is 4.88. The molecular weight excluding hydrogens is 198 g/mol. The van der Waals surface area contributed by atoms with E-state index in [1.165, 1.54) is 24.0 Å². The Morgan fingerprint density at radius 3 is 2.69 bits per heavy atom. The molecule has 1 aliphatic carbocycles. The van der Waals surface area contributed by atoms with Gasteiger partial charge >= 0.3 is 0 Å². The number of ether oxygens (including phenoxy) is 1. The molecule has 0 aliphatic heterocycles. The molecule has 0 radical (unpaired) electrons. The van der Waals surface area contributed by atoms with Crippen LogP contribution in [0.5, 0.6) is 5.75 Å². The zero-order chi connectivity index (χ0) is 11.5. The van der Waals surface area contributed by atoms with Crippen LogP contribution in [0.15, 0.2) is 18.2 Å². The highest BCUT2D eigenvalue weighted by Crippen LogP contribution is 2.41. The van der Waals surface area contributed by atoms with Crippen molar-refractivity contribution in [3.63, 3.8) is 0 Å². The Bertz CT molecular complexity index is 358. The maximum Gasteiger partial charge on any atom is 0.121 e. The van der Waals surface area contributed by atoms with Crippen LogP contribution in [-0.2, 0) is 0 Å². The number of hydrogen-bond acceptors (Lipinski definition) is 2. The Morgan fingerprint density at radius 2 is 2.19 bits per heavy atom. The summed E-state index contributed by atoms with van der Waals surface area (Å²) in [6, 6.07) is 7.06. The lowest BCUT2D eigenvalue weighted by Crippen LogP contribution is -2.22. The van der Waals surface area contributed by atoms with Gasteiger partial charge in [-0.15, -0.1) is 0 Å². The van der Waals surface area contributed by atoms with E-state index in [-0.39, 0.29) is 0 Å². The summed E-state index contributed by atoms with van der Waals surface area (Å²) >= 11 is 0. The van der Waals surface area contributed by atoms with Crippen LogP contribution in [0.2, 0.25) is 0 Å². The van der Waals surface area contributed by atoms with Crippen molar-refractivity contribution in [3.05, 3.63) is 29.3 Å². The van der Waals surface area contributed by atoms with Gasteiger partial charge in [-0.05, 0) is 49.4 Å². The molecule has 0 heterocycles. The van der Waals surface area contributed by atoms with E-state index < -0.39 is 0 Å². The number of methoxy groups -OCH3 is 1. The fraction of sp³-hybridized carbons (Fsp3) is 0.571. The zero-order valence-corrected chi connectivity index (χ0v) is 10.4. The molecule has 0 spiro atoms. The van der Waals surface area contributed by atoms with E-state index in [0.29, 0.717) is 6.04 Å². The van der Waals surface area contributed by atoms with E-state index >= 15 is 0 Å². The first kappa shape index (κ1) is 11.5. The van der Waals surface area contributed by atoms with Crippen LogP contribution >= 0.6 is 0 Å². The quantitative estimate of drug-likeness (QED) is 0.821. The summed E-state index contributed by atoms with van der Waals surface area (Å²) in [7, 11) is 1.73. The van der Waals surface area contributed by atoms with Crippen molar-refractivity contribution < 1.29 is 4.74 Å². The van der Waals surface area contributed by atoms with Gasteiger partial charge in [0.2, 0.25) is 0 Å². The number of benzene rings is 1. The average molecular weight is 219 g/mol. The Hall–Kier alpha value is -1.02. The molecule has 0 amide bonds. The fourth-order valence-corrected chi connectivity index (χ4v) is 2.30. The lowest BCUT2D eigenvalue weighted by atomic mass is 10.00. The predicted octanol–water partition coefficient (Wildman–Crippen LogP) is 3.06. The third-order valence-corrected chi connectivity index (χ3v) is 3.30. The van der Waals surface area contributed by atoms with E-state index in [0.717, 1.165) is 18.2 Å². The number of nitrogens with one attached hydrogen (secondary N) is 1. The van der Waals surface area contributed by atoms with Crippen LogP contribution in [0.25, 0.3) is 0 Å². The standard InChI is InChI=1S/C14H21NO/c1-4-15-14(11-5-6-11)12-7-8-13(16-3)10(2)9-12/h7-9,11,14-15H,4-6H2,1-3H3. The van der Waals surface area contributed by atoms with Crippen LogP contribution in [0, 0.1) is 12.8 Å². The second-order valence-electron chi connectivity index (χ2n) is 4.60. The highest BCUT2D eigenvalue weighted by atomic mass is 16.5. The molecule has 1 aromatic rings. The van der Waals surface area contributed by atoms with Gasteiger partial charge in [-0.25, -0.2) is 0 Å². The summed E-state index contributed by atoms with van der Waals surface area (Å²) < 4.78 is 5.30. The van der Waals surface area contributed by atoms with E-state index in [1.807, 2.05) is 0 Å². The Balaban J connectivity index is 2.20. The molecular formula is C14H21NO. The average Bonchev–Trinajstić information content (AvgIpc) is 3.09. The molecule has 1 saturated carbocycles. The smallest absolute Gasteiger partial charge is 0.121 e. The zero-order valence-electron chi connectivity index (χ0n) is 10.4. The minimum Gasteiger partial charge on any atom is -0.496 e. The summed E-state index contributed by atoms with van der Waals surface area (Å²) in [6.45, 7) is 5.32. The van der Waals surface area contributed by atoms with Gasteiger partial charge in [-0.2, -0.15) is 0 Å². The topological polar surface area (TPSA) is 21.3 Å². The van der Waals surface area contributed by atoms with Crippen LogP contribution in [0.4, 0.5) is 0 Å². The van der Waals surface area contributed by atoms with Crippen molar-refractivity contribution in [2.75, 3.05) is 13.7 Å². The molecule has 1 fully saturated rings. The van der Waals surface area contributed by atoms with E-state index in [9.17, 15) is 0 Å². The summed E-state index contributed by atoms with van der Waals surface area (Å²) in [5.74, 6) is 1.82. The van der Waals surface area contributed by atoms with Gasteiger partial charge in [0.1, 0.15) is 5.75 Å². The first-order chi connectivity index (χ1) is 7.76. The molecule has 2 nitrogen and oxygen atoms in total. The van der Waals surface area contributed by atoms with Crippen molar-refractivity contribution in [2.45, 2.75) is 32.7 Å². The minimum atomic E-state index is 0.537. The van der Waals surface area contributed by atoms with Crippen molar-refractivity contribution in [1.82, 2.24) is 5.32 Å². The molecule has 0 aromatic heterocycles. The minimum absolute atomic E-state index is 0.537. The first-order valence-corrected chi connectivity index (χ1v) is 6.14. The van der Waals surface area contributed by atoms with Crippen LogP contribution in [0.1, 0.15) is 36.9 Å². The molecule has 0 bridgehead atoms. The predicted molar refractivity (Wildman–Crippen MR) is 66.9 cm³/mol. The maximum absolute atomic E-state index is 5.30. The van der Waals surface area contributed by atoms with Crippen molar-refractivity contribution in [2.24, 2.45) is 5.92 Å². The van der Waals surface area contributed by atoms with Gasteiger partial charge in [0.15, 0.2) is 0 Å². The summed E-state index contributed by atoms with van der Waals surface area (Å²) in [5.41, 5.74) is 2.63. The molecule has 1 atom stereocenters. The van der Waals surface area contributed by atoms with Crippen LogP contribution in [-0.4, -0.2) is 13.7 Å². The van der Waals surface area contributed by atoms with Crippen LogP contribution < -0.4 is 10.1 Å². The number of rotatable bonds is 5. The number of aryl methyl sites for hydroxylation is 1. The van der Waals surface area contributed by atoms with Crippen molar-refractivity contribution in [1.29, 1.82) is 0 Å². The van der Waals surface area contributed by atoms with E-state index in [1.54, 1.807) is 7.11 Å². The highest BCUT2D eigenvalue weighted by Gasteiger charge is 2.31. The molecule has 1 N–H and O–H groups in total. The maximum atomic E-state index is 5.30. The lowest BCUT2D eigenvalue weighted by Gasteiger charge is -2.19. The van der Waals surface area contributed by atoms with E-state index in [4.69, 9.17) is 4.74 Å². The van der Waals surface area contributed by atoms with Gasteiger partial charge in [-0.1, -0.05) is 19.1 Å². The lowest BCUT2D eigenvalue weighted by molar-refractivity contribution is 0.410. The Morgan fingerprint density at radius 1 is 1.44 bits per heavy atom. The molecule has 2 heteroatoms. The van der Waals surface area contributed by atoms with E-state index in [2.05, 4.69) is 37.4 Å². The molecule has 2 rings (SSSR count). The summed E-state index contributed by atoms with van der Waals surface area (Å²) in [6.07, 6.45) is 2.73. The Labute approximate surface area is 98.0 Å².